The van der Waals surface area contributed by atoms with Crippen molar-refractivity contribution in [2.75, 3.05) is 10.9 Å². The maximum Gasteiger partial charge on any atom is 0.423 e. The number of carboxylic acids is 1. The molecule has 0 spiro atoms. The van der Waals surface area contributed by atoms with Crippen LogP contribution in [-0.2, 0) is 25.2 Å². The zero-order valence-corrected chi connectivity index (χ0v) is 16.9. The van der Waals surface area contributed by atoms with Gasteiger partial charge in [-0.15, -0.1) is 0 Å². The monoisotopic (exact) mass is 461 g/mol. The standard InChI is InChI=1S/C19H15ClF3NO5S/c1-10-2-5-12(6-3-10)30(27,28)24-15-7-4-11(20)8-14(15)18(19(21,22)23)16(24)13(9-29-18)17(25)26/h2-8,13,16H,9H2,1H3,(H,25,26). The summed E-state index contributed by atoms with van der Waals surface area (Å²) in [6.07, 6.45) is -5.10. The van der Waals surface area contributed by atoms with Gasteiger partial charge in [-0.3, -0.25) is 9.10 Å². The van der Waals surface area contributed by atoms with Crippen molar-refractivity contribution < 1.29 is 36.2 Å². The number of carboxylic acid groups (broad SMARTS) is 1. The first-order valence-electron chi connectivity index (χ1n) is 8.76. The van der Waals surface area contributed by atoms with E-state index in [1.807, 2.05) is 0 Å². The lowest BCUT2D eigenvalue weighted by Gasteiger charge is -2.34. The van der Waals surface area contributed by atoms with Gasteiger partial charge in [0.15, 0.2) is 0 Å². The van der Waals surface area contributed by atoms with Gasteiger partial charge in [-0.2, -0.15) is 13.2 Å². The average Bonchev–Trinajstić information content (AvgIpc) is 3.16. The molecule has 3 unspecified atom stereocenters. The molecule has 2 aromatic rings. The second kappa shape index (κ2) is 6.60. The van der Waals surface area contributed by atoms with Crippen LogP contribution in [0.25, 0.3) is 0 Å². The van der Waals surface area contributed by atoms with Gasteiger partial charge in [-0.05, 0) is 37.3 Å². The first kappa shape index (κ1) is 21.0. The first-order chi connectivity index (χ1) is 13.9. The number of carbonyl (C=O) groups is 1. The largest absolute Gasteiger partial charge is 0.481 e. The Morgan fingerprint density at radius 2 is 1.87 bits per heavy atom. The Labute approximate surface area is 174 Å². The van der Waals surface area contributed by atoms with E-state index in [1.54, 1.807) is 6.92 Å². The Kier molecular flexibility index (Phi) is 4.61. The highest BCUT2D eigenvalue weighted by Crippen LogP contribution is 2.61. The van der Waals surface area contributed by atoms with Crippen LogP contribution in [0.4, 0.5) is 18.9 Å². The van der Waals surface area contributed by atoms with Gasteiger partial charge < -0.3 is 9.84 Å². The van der Waals surface area contributed by atoms with Crippen molar-refractivity contribution in [1.82, 2.24) is 0 Å². The molecule has 30 heavy (non-hydrogen) atoms. The lowest BCUT2D eigenvalue weighted by atomic mass is 9.85. The van der Waals surface area contributed by atoms with Crippen LogP contribution in [-0.4, -0.2) is 38.3 Å². The number of benzene rings is 2. The molecule has 11 heteroatoms. The van der Waals surface area contributed by atoms with E-state index in [0.717, 1.165) is 17.7 Å². The number of hydrogen-bond acceptors (Lipinski definition) is 4. The molecule has 1 fully saturated rings. The van der Waals surface area contributed by atoms with Crippen LogP contribution in [0.3, 0.4) is 0 Å². The number of anilines is 1. The lowest BCUT2D eigenvalue weighted by molar-refractivity contribution is -0.269. The molecule has 2 heterocycles. The maximum atomic E-state index is 14.4. The summed E-state index contributed by atoms with van der Waals surface area (Å²) in [6.45, 7) is 0.925. The van der Waals surface area contributed by atoms with Crippen LogP contribution in [0, 0.1) is 12.8 Å². The Morgan fingerprint density at radius 3 is 2.43 bits per heavy atom. The normalized spacial score (nSPS) is 25.8. The highest BCUT2D eigenvalue weighted by molar-refractivity contribution is 7.93. The lowest BCUT2D eigenvalue weighted by Crippen LogP contribution is -2.55. The number of aliphatic carboxylic acids is 1. The SMILES string of the molecule is Cc1ccc(S(=O)(=O)N2c3ccc(Cl)cc3C3(C(F)(F)F)OCC(C(=O)O)C23)cc1. The van der Waals surface area contributed by atoms with E-state index in [-0.39, 0.29) is 15.6 Å². The summed E-state index contributed by atoms with van der Waals surface area (Å²) in [6, 6.07) is 6.84. The van der Waals surface area contributed by atoms with Crippen LogP contribution < -0.4 is 4.31 Å². The molecule has 160 valence electrons. The fourth-order valence-electron chi connectivity index (χ4n) is 4.11. The molecular formula is C19H15ClF3NO5S. The number of fused-ring (bicyclic) bond motifs is 3. The van der Waals surface area contributed by atoms with E-state index in [9.17, 15) is 31.5 Å². The third-order valence-electron chi connectivity index (χ3n) is 5.45. The third kappa shape index (κ3) is 2.74. The summed E-state index contributed by atoms with van der Waals surface area (Å²) in [5, 5.41) is 9.51. The number of aryl methyl sites for hydroxylation is 1. The van der Waals surface area contributed by atoms with E-state index in [4.69, 9.17) is 16.3 Å². The van der Waals surface area contributed by atoms with Crippen LogP contribution >= 0.6 is 11.6 Å². The molecule has 0 aromatic heterocycles. The highest BCUT2D eigenvalue weighted by atomic mass is 35.5. The number of sulfonamides is 1. The van der Waals surface area contributed by atoms with Gasteiger partial charge in [0, 0.05) is 10.6 Å². The van der Waals surface area contributed by atoms with Crippen LogP contribution in [0.5, 0.6) is 0 Å². The van der Waals surface area contributed by atoms with E-state index in [0.29, 0.717) is 4.31 Å². The molecule has 6 nitrogen and oxygen atoms in total. The van der Waals surface area contributed by atoms with E-state index >= 15 is 0 Å². The molecule has 0 saturated carbocycles. The zero-order valence-electron chi connectivity index (χ0n) is 15.4. The number of hydrogen-bond donors (Lipinski definition) is 1. The molecule has 2 aliphatic heterocycles. The Hall–Kier alpha value is -2.30. The second-order valence-electron chi connectivity index (χ2n) is 7.21. The van der Waals surface area contributed by atoms with Gasteiger partial charge in [0.05, 0.1) is 17.2 Å². The zero-order chi connectivity index (χ0) is 22.1. The van der Waals surface area contributed by atoms with E-state index in [2.05, 4.69) is 0 Å². The molecule has 1 N–H and O–H groups in total. The van der Waals surface area contributed by atoms with Gasteiger partial charge >= 0.3 is 12.1 Å². The Morgan fingerprint density at radius 1 is 1.23 bits per heavy atom. The summed E-state index contributed by atoms with van der Waals surface area (Å²) < 4.78 is 75.7. The molecule has 4 rings (SSSR count). The number of rotatable bonds is 3. The number of halogens is 4. The number of nitrogens with zero attached hydrogens (tertiary/aromatic N) is 1. The van der Waals surface area contributed by atoms with Gasteiger partial charge in [0.1, 0.15) is 12.0 Å². The number of alkyl halides is 3. The molecule has 2 aromatic carbocycles. The van der Waals surface area contributed by atoms with Crippen molar-refractivity contribution >= 4 is 33.3 Å². The second-order valence-corrected chi connectivity index (χ2v) is 9.46. The Balaban J connectivity index is 2.03. The molecule has 0 aliphatic carbocycles. The topological polar surface area (TPSA) is 83.9 Å². The van der Waals surface area contributed by atoms with Crippen molar-refractivity contribution in [3.8, 4) is 0 Å². The minimum absolute atomic E-state index is 0.0620. The van der Waals surface area contributed by atoms with Gasteiger partial charge in [-0.25, -0.2) is 8.42 Å². The molecule has 0 bridgehead atoms. The molecule has 2 aliphatic rings. The van der Waals surface area contributed by atoms with Crippen molar-refractivity contribution in [3.05, 3.63) is 58.6 Å². The molecule has 3 atom stereocenters. The van der Waals surface area contributed by atoms with Gasteiger partial charge in [-0.1, -0.05) is 29.3 Å². The molecular weight excluding hydrogens is 447 g/mol. The molecule has 1 saturated heterocycles. The molecule has 0 radical (unpaired) electrons. The van der Waals surface area contributed by atoms with E-state index < -0.39 is 51.9 Å². The van der Waals surface area contributed by atoms with Crippen LogP contribution in [0.15, 0.2) is 47.4 Å². The van der Waals surface area contributed by atoms with Crippen LogP contribution in [0.2, 0.25) is 5.02 Å². The van der Waals surface area contributed by atoms with Crippen molar-refractivity contribution in [2.24, 2.45) is 5.92 Å². The molecule has 0 amide bonds. The summed E-state index contributed by atoms with van der Waals surface area (Å²) in [7, 11) is -4.55. The van der Waals surface area contributed by atoms with Gasteiger partial charge in [0.25, 0.3) is 10.0 Å². The van der Waals surface area contributed by atoms with Gasteiger partial charge in [0.2, 0.25) is 5.60 Å². The smallest absolute Gasteiger partial charge is 0.423 e. The third-order valence-corrected chi connectivity index (χ3v) is 7.50. The average molecular weight is 462 g/mol. The van der Waals surface area contributed by atoms with Crippen molar-refractivity contribution in [2.45, 2.75) is 29.6 Å². The minimum atomic E-state index is -5.10. The number of ether oxygens (including phenoxy) is 1. The Bertz CT molecular complexity index is 1140. The first-order valence-corrected chi connectivity index (χ1v) is 10.6. The fourth-order valence-corrected chi connectivity index (χ4v) is 6.00. The summed E-state index contributed by atoms with van der Waals surface area (Å²) >= 11 is 5.91. The van der Waals surface area contributed by atoms with Crippen molar-refractivity contribution in [3.63, 3.8) is 0 Å². The highest BCUT2D eigenvalue weighted by Gasteiger charge is 2.75. The summed E-state index contributed by atoms with van der Waals surface area (Å²) in [5.41, 5.74) is -3.23. The van der Waals surface area contributed by atoms with E-state index in [1.165, 1.54) is 30.3 Å². The summed E-state index contributed by atoms with van der Waals surface area (Å²) in [5.74, 6) is -3.33. The quantitative estimate of drug-likeness (QED) is 0.753. The van der Waals surface area contributed by atoms with Crippen LogP contribution in [0.1, 0.15) is 11.1 Å². The predicted octanol–water partition coefficient (Wildman–Crippen LogP) is 3.71. The maximum absolute atomic E-state index is 14.4. The minimum Gasteiger partial charge on any atom is -0.481 e. The predicted molar refractivity (Wildman–Crippen MR) is 101 cm³/mol. The van der Waals surface area contributed by atoms with Crippen molar-refractivity contribution in [1.29, 1.82) is 0 Å². The summed E-state index contributed by atoms with van der Waals surface area (Å²) in [4.78, 5) is 11.5. The fraction of sp³-hybridized carbons (Fsp3) is 0.316.